The summed E-state index contributed by atoms with van der Waals surface area (Å²) in [7, 11) is 0. The van der Waals surface area contributed by atoms with Gasteiger partial charge in [-0.1, -0.05) is 12.1 Å². The molecule has 2 N–H and O–H groups in total. The quantitative estimate of drug-likeness (QED) is 0.317. The van der Waals surface area contributed by atoms with Crippen LogP contribution >= 0.6 is 0 Å². The van der Waals surface area contributed by atoms with Gasteiger partial charge in [0.05, 0.1) is 5.69 Å². The van der Waals surface area contributed by atoms with Gasteiger partial charge in [0.15, 0.2) is 11.5 Å². The third kappa shape index (κ3) is 9.50. The predicted octanol–water partition coefficient (Wildman–Crippen LogP) is 4.83. The van der Waals surface area contributed by atoms with Crippen molar-refractivity contribution in [2.45, 2.75) is 37.7 Å². The summed E-state index contributed by atoms with van der Waals surface area (Å²) < 4.78 is 65.4. The van der Waals surface area contributed by atoms with Gasteiger partial charge in [0.25, 0.3) is 0 Å². The summed E-state index contributed by atoms with van der Waals surface area (Å²) in [6.45, 7) is 2.96. The number of hydrogen-bond donors (Lipinski definition) is 2. The molecule has 42 heavy (non-hydrogen) atoms. The van der Waals surface area contributed by atoms with Crippen molar-refractivity contribution in [3.63, 3.8) is 0 Å². The van der Waals surface area contributed by atoms with Gasteiger partial charge in [-0.25, -0.2) is 19.1 Å². The second-order valence-electron chi connectivity index (χ2n) is 8.93. The van der Waals surface area contributed by atoms with Crippen LogP contribution in [0, 0.1) is 0 Å². The lowest BCUT2D eigenvalue weighted by molar-refractivity contribution is -0.193. The summed E-state index contributed by atoms with van der Waals surface area (Å²) in [5.41, 5.74) is 4.19. The number of carboxylic acid groups (broad SMARTS) is 2. The number of aromatic nitrogens is 5. The molecule has 224 valence electrons. The maximum Gasteiger partial charge on any atom is 0.490 e. The Morgan fingerprint density at radius 2 is 1.60 bits per heavy atom. The first-order chi connectivity index (χ1) is 19.7. The first kappa shape index (κ1) is 31.9. The van der Waals surface area contributed by atoms with Gasteiger partial charge in [0.1, 0.15) is 0 Å². The molecule has 1 saturated heterocycles. The number of carbonyl (C=O) groups is 2. The van der Waals surface area contributed by atoms with Gasteiger partial charge in [-0.2, -0.15) is 31.4 Å². The third-order valence-electron chi connectivity index (χ3n) is 5.81. The van der Waals surface area contributed by atoms with Gasteiger partial charge in [-0.15, -0.1) is 0 Å². The summed E-state index contributed by atoms with van der Waals surface area (Å²) in [6.07, 6.45) is -0.318. The number of aliphatic carboxylic acids is 2. The molecule has 5 heterocycles. The Kier molecular flexibility index (Phi) is 10.5. The van der Waals surface area contributed by atoms with E-state index >= 15 is 0 Å². The zero-order chi connectivity index (χ0) is 30.9. The highest BCUT2D eigenvalue weighted by Gasteiger charge is 2.38. The summed E-state index contributed by atoms with van der Waals surface area (Å²) >= 11 is 0. The lowest BCUT2D eigenvalue weighted by atomic mass is 9.97. The van der Waals surface area contributed by atoms with Crippen LogP contribution in [0.3, 0.4) is 0 Å². The molecule has 0 bridgehead atoms. The zero-order valence-electron chi connectivity index (χ0n) is 21.6. The monoisotopic (exact) mass is 598 g/mol. The van der Waals surface area contributed by atoms with Crippen LogP contribution in [-0.4, -0.2) is 77.1 Å². The number of alkyl halides is 6. The Morgan fingerprint density at radius 1 is 0.905 bits per heavy atom. The van der Waals surface area contributed by atoms with Gasteiger partial charge in [-0.3, -0.25) is 14.9 Å². The molecular weight excluding hydrogens is 574 g/mol. The third-order valence-corrected chi connectivity index (χ3v) is 5.81. The van der Waals surface area contributed by atoms with Crippen molar-refractivity contribution in [2.75, 3.05) is 13.1 Å². The molecule has 1 unspecified atom stereocenters. The van der Waals surface area contributed by atoms with E-state index in [1.807, 2.05) is 47.4 Å². The molecule has 4 aromatic rings. The first-order valence-corrected chi connectivity index (χ1v) is 12.2. The number of hydrogen-bond acceptors (Lipinski definition) is 7. The average molecular weight is 599 g/mol. The van der Waals surface area contributed by atoms with Gasteiger partial charge in [0, 0.05) is 54.9 Å². The Balaban J connectivity index is 0.000000289. The Bertz CT molecular complexity index is 1440. The fourth-order valence-electron chi connectivity index (χ4n) is 3.91. The summed E-state index contributed by atoms with van der Waals surface area (Å²) in [6, 6.07) is 14.2. The molecule has 0 aliphatic carbocycles. The largest absolute Gasteiger partial charge is 0.490 e. The van der Waals surface area contributed by atoms with E-state index in [1.165, 1.54) is 0 Å². The number of nitrogens with zero attached hydrogens (tertiary/aromatic N) is 6. The molecule has 16 heteroatoms. The van der Waals surface area contributed by atoms with Crippen molar-refractivity contribution in [3.05, 3.63) is 78.8 Å². The number of carboxylic acids is 2. The van der Waals surface area contributed by atoms with E-state index in [0.29, 0.717) is 5.92 Å². The SMILES string of the molecule is O=C(O)C(F)(F)F.O=C(O)C(F)(F)F.c1ccc(CN2CCCC(c3nc4ccc(-c5cccnc5)cn4n3)C2)nc1. The molecule has 5 rings (SSSR count). The van der Waals surface area contributed by atoms with Crippen molar-refractivity contribution in [1.29, 1.82) is 0 Å². The summed E-state index contributed by atoms with van der Waals surface area (Å²) in [5.74, 6) is -4.21. The molecule has 1 atom stereocenters. The van der Waals surface area contributed by atoms with Gasteiger partial charge in [-0.05, 0) is 49.7 Å². The standard InChI is InChI=1S/C22H22N6.2C2HF3O2/c1-2-11-24-20(7-1)16-27-12-4-6-19(14-27)22-25-21-9-8-18(15-28(21)26-22)17-5-3-10-23-13-17;2*3-2(4,5)1(6)7/h1-3,5,7-11,13,15,19H,4,6,12,14,16H2;2*(H,6,7). The van der Waals surface area contributed by atoms with Crippen molar-refractivity contribution >= 4 is 17.6 Å². The van der Waals surface area contributed by atoms with Crippen molar-refractivity contribution in [1.82, 2.24) is 29.5 Å². The Hall–Kier alpha value is -4.60. The molecule has 10 nitrogen and oxygen atoms in total. The van der Waals surface area contributed by atoms with Crippen LogP contribution in [0.15, 0.2) is 67.3 Å². The molecular formula is C26H24F6N6O4. The fourth-order valence-corrected chi connectivity index (χ4v) is 3.91. The summed E-state index contributed by atoms with van der Waals surface area (Å²) in [5, 5.41) is 19.1. The van der Waals surface area contributed by atoms with E-state index in [9.17, 15) is 26.3 Å². The van der Waals surface area contributed by atoms with Crippen LogP contribution in [0.1, 0.15) is 30.3 Å². The molecule has 0 saturated carbocycles. The lowest BCUT2D eigenvalue weighted by Gasteiger charge is -2.31. The topological polar surface area (TPSA) is 134 Å². The van der Waals surface area contributed by atoms with E-state index in [1.54, 1.807) is 6.20 Å². The zero-order valence-corrected chi connectivity index (χ0v) is 21.6. The minimum absolute atomic E-state index is 0.360. The van der Waals surface area contributed by atoms with Crippen molar-refractivity contribution < 1.29 is 46.1 Å². The predicted molar refractivity (Wildman–Crippen MR) is 135 cm³/mol. The molecule has 1 fully saturated rings. The highest BCUT2D eigenvalue weighted by molar-refractivity contribution is 5.73. The second kappa shape index (κ2) is 13.8. The van der Waals surface area contributed by atoms with Gasteiger partial charge < -0.3 is 10.2 Å². The fraction of sp³-hybridized carbons (Fsp3) is 0.308. The molecule has 0 spiro atoms. The number of piperidine rings is 1. The van der Waals surface area contributed by atoms with Gasteiger partial charge in [0.2, 0.25) is 0 Å². The lowest BCUT2D eigenvalue weighted by Crippen LogP contribution is -2.34. The van der Waals surface area contributed by atoms with Crippen LogP contribution in [-0.2, 0) is 16.1 Å². The minimum atomic E-state index is -5.08. The smallest absolute Gasteiger partial charge is 0.475 e. The Morgan fingerprint density at radius 3 is 2.17 bits per heavy atom. The normalized spacial score (nSPS) is 15.6. The molecule has 4 aromatic heterocycles. The highest BCUT2D eigenvalue weighted by Crippen LogP contribution is 2.27. The van der Waals surface area contributed by atoms with E-state index in [0.717, 1.165) is 60.8 Å². The molecule has 0 aromatic carbocycles. The van der Waals surface area contributed by atoms with E-state index in [-0.39, 0.29) is 0 Å². The van der Waals surface area contributed by atoms with E-state index in [2.05, 4.69) is 33.1 Å². The number of fused-ring (bicyclic) bond motifs is 1. The summed E-state index contributed by atoms with van der Waals surface area (Å²) in [4.78, 5) is 33.7. The van der Waals surface area contributed by atoms with Crippen molar-refractivity contribution in [2.24, 2.45) is 0 Å². The second-order valence-corrected chi connectivity index (χ2v) is 8.93. The van der Waals surface area contributed by atoms with Crippen LogP contribution in [0.25, 0.3) is 16.8 Å². The first-order valence-electron chi connectivity index (χ1n) is 12.2. The van der Waals surface area contributed by atoms with E-state index in [4.69, 9.17) is 29.9 Å². The van der Waals surface area contributed by atoms with Crippen LogP contribution in [0.4, 0.5) is 26.3 Å². The highest BCUT2D eigenvalue weighted by atomic mass is 19.4. The number of likely N-dealkylation sites (tertiary alicyclic amines) is 1. The van der Waals surface area contributed by atoms with Gasteiger partial charge >= 0.3 is 24.3 Å². The molecule has 0 radical (unpaired) electrons. The minimum Gasteiger partial charge on any atom is -0.475 e. The number of rotatable bonds is 4. The average Bonchev–Trinajstić information content (AvgIpc) is 3.38. The maximum absolute atomic E-state index is 10.6. The maximum atomic E-state index is 10.6. The Labute approximate surface area is 234 Å². The van der Waals surface area contributed by atoms with Crippen LogP contribution in [0.2, 0.25) is 0 Å². The number of halogens is 6. The van der Waals surface area contributed by atoms with Crippen molar-refractivity contribution in [3.8, 4) is 11.1 Å². The molecule has 0 amide bonds. The van der Waals surface area contributed by atoms with E-state index < -0.39 is 24.3 Å². The van der Waals surface area contributed by atoms with Crippen LogP contribution < -0.4 is 0 Å². The molecule has 1 aliphatic heterocycles. The number of pyridine rings is 3. The van der Waals surface area contributed by atoms with Crippen LogP contribution in [0.5, 0.6) is 0 Å². The molecule has 1 aliphatic rings.